The van der Waals surface area contributed by atoms with E-state index in [0.29, 0.717) is 0 Å². The molecule has 0 spiro atoms. The van der Waals surface area contributed by atoms with Gasteiger partial charge < -0.3 is 9.47 Å². The van der Waals surface area contributed by atoms with Gasteiger partial charge in [0.05, 0.1) is 5.16 Å². The van der Waals surface area contributed by atoms with Crippen LogP contribution in [-0.4, -0.2) is 36.2 Å². The third kappa shape index (κ3) is 6.25. The minimum atomic E-state index is -1.36. The standard InChI is InChI=1S/C14H17NO5S/c1-9(2)11(16)19-6-14(5,13(18)15-8-21)7-20-12(17)10(3)4/h1,3,6-7H2,2,4-5H3. The number of hydrogen-bond acceptors (Lipinski definition) is 6. The average molecular weight is 311 g/mol. The Kier molecular flexibility index (Phi) is 7.41. The van der Waals surface area contributed by atoms with E-state index in [9.17, 15) is 14.4 Å². The lowest BCUT2D eigenvalue weighted by Gasteiger charge is -2.24. The molecule has 0 aliphatic rings. The van der Waals surface area contributed by atoms with Gasteiger partial charge in [0.15, 0.2) is 0 Å². The number of rotatable bonds is 7. The lowest BCUT2D eigenvalue weighted by molar-refractivity contribution is -0.152. The molecular weight excluding hydrogens is 294 g/mol. The topological polar surface area (TPSA) is 82.0 Å². The van der Waals surface area contributed by atoms with Crippen LogP contribution in [0.4, 0.5) is 0 Å². The maximum absolute atomic E-state index is 11.9. The minimum Gasteiger partial charge on any atom is -0.461 e. The van der Waals surface area contributed by atoms with Crippen molar-refractivity contribution in [1.29, 1.82) is 0 Å². The van der Waals surface area contributed by atoms with E-state index in [2.05, 4.69) is 30.4 Å². The number of amides is 1. The molecule has 0 N–H and O–H groups in total. The van der Waals surface area contributed by atoms with Crippen LogP contribution in [0.25, 0.3) is 0 Å². The molecule has 0 rings (SSSR count). The number of hydrogen-bond donors (Lipinski definition) is 0. The third-order valence-electron chi connectivity index (χ3n) is 2.40. The van der Waals surface area contributed by atoms with E-state index >= 15 is 0 Å². The summed E-state index contributed by atoms with van der Waals surface area (Å²) >= 11 is 4.37. The lowest BCUT2D eigenvalue weighted by atomic mass is 9.92. The molecule has 0 saturated heterocycles. The van der Waals surface area contributed by atoms with Crippen LogP contribution in [-0.2, 0) is 23.9 Å². The molecule has 114 valence electrons. The average Bonchev–Trinajstić information content (AvgIpc) is 2.41. The molecule has 0 aliphatic carbocycles. The summed E-state index contributed by atoms with van der Waals surface area (Å²) in [6.45, 7) is 10.6. The van der Waals surface area contributed by atoms with Crippen molar-refractivity contribution in [2.45, 2.75) is 20.8 Å². The van der Waals surface area contributed by atoms with Gasteiger partial charge in [0, 0.05) is 11.1 Å². The van der Waals surface area contributed by atoms with Gasteiger partial charge in [-0.2, -0.15) is 4.99 Å². The summed E-state index contributed by atoms with van der Waals surface area (Å²) in [7, 11) is 0. The lowest BCUT2D eigenvalue weighted by Crippen LogP contribution is -2.38. The molecular formula is C14H17NO5S. The Bertz CT molecular complexity index is 501. The second-order valence-electron chi connectivity index (χ2n) is 4.78. The van der Waals surface area contributed by atoms with Crippen molar-refractivity contribution < 1.29 is 23.9 Å². The number of aliphatic imine (C=N–C) groups is 1. The smallest absolute Gasteiger partial charge is 0.333 e. The Morgan fingerprint density at radius 3 is 1.76 bits per heavy atom. The van der Waals surface area contributed by atoms with Gasteiger partial charge in [0.25, 0.3) is 5.91 Å². The van der Waals surface area contributed by atoms with Crippen molar-refractivity contribution in [3.8, 4) is 0 Å². The molecule has 6 nitrogen and oxygen atoms in total. The summed E-state index contributed by atoms with van der Waals surface area (Å²) in [5.41, 5.74) is -0.994. The summed E-state index contributed by atoms with van der Waals surface area (Å²) in [5.74, 6) is -2.03. The van der Waals surface area contributed by atoms with Gasteiger partial charge in [-0.3, -0.25) is 4.79 Å². The SMILES string of the molecule is C=C(C)C(=O)OCC(C)(COC(=O)C(=C)C)C(=O)N=C=S. The number of isothiocyanates is 1. The third-order valence-corrected chi connectivity index (χ3v) is 2.50. The van der Waals surface area contributed by atoms with Gasteiger partial charge in [0.2, 0.25) is 0 Å². The van der Waals surface area contributed by atoms with Crippen molar-refractivity contribution in [2.24, 2.45) is 10.4 Å². The fraction of sp³-hybridized carbons (Fsp3) is 0.429. The number of esters is 2. The molecule has 0 aliphatic heterocycles. The fourth-order valence-corrected chi connectivity index (χ4v) is 1.12. The van der Waals surface area contributed by atoms with E-state index in [1.807, 2.05) is 5.16 Å². The predicted octanol–water partition coefficient (Wildman–Crippen LogP) is 1.86. The maximum atomic E-state index is 11.9. The molecule has 1 amide bonds. The van der Waals surface area contributed by atoms with Crippen LogP contribution in [0.1, 0.15) is 20.8 Å². The Morgan fingerprint density at radius 1 is 1.10 bits per heavy atom. The molecule has 7 heteroatoms. The normalized spacial score (nSPS) is 10.0. The highest BCUT2D eigenvalue weighted by Gasteiger charge is 2.37. The Morgan fingerprint density at radius 2 is 1.48 bits per heavy atom. The molecule has 0 saturated carbocycles. The van der Waals surface area contributed by atoms with Gasteiger partial charge in [-0.05, 0) is 33.0 Å². The Hall–Kier alpha value is -2.11. The predicted molar refractivity (Wildman–Crippen MR) is 79.7 cm³/mol. The number of carbonyl (C=O) groups is 3. The molecule has 0 atom stereocenters. The van der Waals surface area contributed by atoms with Crippen molar-refractivity contribution in [3.05, 3.63) is 24.3 Å². The Labute approximate surface area is 128 Å². The largest absolute Gasteiger partial charge is 0.461 e. The number of nitrogens with zero attached hydrogens (tertiary/aromatic N) is 1. The summed E-state index contributed by atoms with van der Waals surface area (Å²) in [5, 5.41) is 1.94. The van der Waals surface area contributed by atoms with Crippen molar-refractivity contribution >= 4 is 35.2 Å². The molecule has 0 heterocycles. The zero-order valence-corrected chi connectivity index (χ0v) is 13.0. The summed E-state index contributed by atoms with van der Waals surface area (Å²) in [6.07, 6.45) is 0. The van der Waals surface area contributed by atoms with Crippen LogP contribution in [0, 0.1) is 5.41 Å². The summed E-state index contributed by atoms with van der Waals surface area (Å²) < 4.78 is 9.87. The fourth-order valence-electron chi connectivity index (χ4n) is 1.04. The summed E-state index contributed by atoms with van der Waals surface area (Å²) in [4.78, 5) is 38.0. The van der Waals surface area contributed by atoms with Gasteiger partial charge >= 0.3 is 11.9 Å². The second-order valence-corrected chi connectivity index (χ2v) is 4.96. The second kappa shape index (κ2) is 8.24. The number of ether oxygens (including phenoxy) is 2. The first-order chi connectivity index (χ1) is 9.64. The van der Waals surface area contributed by atoms with E-state index in [-0.39, 0.29) is 24.4 Å². The molecule has 0 aromatic rings. The molecule has 0 fully saturated rings. The van der Waals surface area contributed by atoms with Crippen LogP contribution in [0.2, 0.25) is 0 Å². The summed E-state index contributed by atoms with van der Waals surface area (Å²) in [6, 6.07) is 0. The number of carbonyl (C=O) groups excluding carboxylic acids is 3. The zero-order valence-electron chi connectivity index (χ0n) is 12.2. The first kappa shape index (κ1) is 18.9. The minimum absolute atomic E-state index is 0.182. The highest BCUT2D eigenvalue weighted by Crippen LogP contribution is 2.21. The molecule has 0 unspecified atom stereocenters. The van der Waals surface area contributed by atoms with E-state index in [0.717, 1.165) is 0 Å². The van der Waals surface area contributed by atoms with E-state index in [1.165, 1.54) is 20.8 Å². The van der Waals surface area contributed by atoms with Crippen LogP contribution >= 0.6 is 12.2 Å². The van der Waals surface area contributed by atoms with Gasteiger partial charge in [-0.1, -0.05) is 13.2 Å². The molecule has 0 radical (unpaired) electrons. The van der Waals surface area contributed by atoms with E-state index in [4.69, 9.17) is 9.47 Å². The van der Waals surface area contributed by atoms with Gasteiger partial charge in [-0.15, -0.1) is 0 Å². The van der Waals surface area contributed by atoms with Crippen LogP contribution in [0.15, 0.2) is 29.3 Å². The Balaban J connectivity index is 5.01. The van der Waals surface area contributed by atoms with Gasteiger partial charge in [0.1, 0.15) is 18.6 Å². The monoisotopic (exact) mass is 311 g/mol. The van der Waals surface area contributed by atoms with Crippen LogP contribution in [0.3, 0.4) is 0 Å². The maximum Gasteiger partial charge on any atom is 0.333 e. The van der Waals surface area contributed by atoms with Crippen molar-refractivity contribution in [2.75, 3.05) is 13.2 Å². The molecule has 0 bridgehead atoms. The van der Waals surface area contributed by atoms with E-state index in [1.54, 1.807) is 0 Å². The van der Waals surface area contributed by atoms with Gasteiger partial charge in [-0.25, -0.2) is 9.59 Å². The molecule has 0 aromatic heterocycles. The van der Waals surface area contributed by atoms with Crippen molar-refractivity contribution in [1.82, 2.24) is 0 Å². The van der Waals surface area contributed by atoms with Crippen molar-refractivity contribution in [3.63, 3.8) is 0 Å². The first-order valence-electron chi connectivity index (χ1n) is 5.91. The van der Waals surface area contributed by atoms with Crippen LogP contribution in [0.5, 0.6) is 0 Å². The molecule has 21 heavy (non-hydrogen) atoms. The van der Waals surface area contributed by atoms with Crippen LogP contribution < -0.4 is 0 Å². The highest BCUT2D eigenvalue weighted by atomic mass is 32.1. The molecule has 0 aromatic carbocycles. The van der Waals surface area contributed by atoms with E-state index < -0.39 is 23.3 Å². The number of thiocarbonyl (C=S) groups is 1. The zero-order chi connectivity index (χ0) is 16.6. The first-order valence-corrected chi connectivity index (χ1v) is 6.32. The highest BCUT2D eigenvalue weighted by molar-refractivity contribution is 7.78. The quantitative estimate of drug-likeness (QED) is 0.309.